The molecule has 0 amide bonds. The Kier molecular flexibility index (Phi) is 4.21. The Labute approximate surface area is 73.5 Å². The van der Waals surface area contributed by atoms with E-state index >= 15 is 0 Å². The monoisotopic (exact) mass is 194 g/mol. The summed E-state index contributed by atoms with van der Waals surface area (Å²) in [5.41, 5.74) is 0. The third kappa shape index (κ3) is 2.55. The first kappa shape index (κ1) is 14.6. The molecule has 0 spiro atoms. The molecular weight excluding hydrogens is 194 g/mol. The van der Waals surface area contributed by atoms with Crippen LogP contribution in [0.5, 0.6) is 0 Å². The van der Waals surface area contributed by atoms with Crippen LogP contribution in [0.2, 0.25) is 0 Å². The Bertz CT molecular complexity index is 128. The predicted molar refractivity (Wildman–Crippen MR) is 20.1 cm³/mol. The van der Waals surface area contributed by atoms with Crippen LogP contribution in [-0.4, -0.2) is 19.0 Å². The molecule has 0 unspecified atom stereocenters. The van der Waals surface area contributed by atoms with Gasteiger partial charge in [0.15, 0.2) is 0 Å². The average molecular weight is 194 g/mol. The Hall–Kier alpha value is 0.102. The molecule has 0 aromatic rings. The first-order valence-electron chi connectivity index (χ1n) is 2.14. The van der Waals surface area contributed by atoms with Crippen LogP contribution in [0.4, 0.5) is 34.9 Å². The van der Waals surface area contributed by atoms with Crippen LogP contribution in [0, 0.1) is 0 Å². The standard InChI is InChI=1S/C2BF8.Li/c4-1(5,2(6,7)8)3(9,10)11;/q-1;+1. The van der Waals surface area contributed by atoms with Crippen LogP contribution >= 0.6 is 0 Å². The molecule has 12 heavy (non-hydrogen) atoms. The van der Waals surface area contributed by atoms with E-state index in [9.17, 15) is 34.9 Å². The zero-order valence-electron chi connectivity index (χ0n) is 5.60. The van der Waals surface area contributed by atoms with Crippen molar-refractivity contribution in [1.82, 2.24) is 0 Å². The summed E-state index contributed by atoms with van der Waals surface area (Å²) in [7, 11) is 0. The molecule has 0 aliphatic carbocycles. The maximum Gasteiger partial charge on any atom is 1.00 e. The van der Waals surface area contributed by atoms with Gasteiger partial charge in [-0.3, -0.25) is 0 Å². The van der Waals surface area contributed by atoms with Crippen molar-refractivity contribution < 1.29 is 53.8 Å². The van der Waals surface area contributed by atoms with Gasteiger partial charge in [0.05, 0.1) is 0 Å². The molecule has 68 valence electrons. The van der Waals surface area contributed by atoms with E-state index in [2.05, 4.69) is 0 Å². The van der Waals surface area contributed by atoms with Crippen LogP contribution in [0.1, 0.15) is 0 Å². The molecule has 0 fully saturated rings. The van der Waals surface area contributed by atoms with Crippen molar-refractivity contribution in [2.45, 2.75) is 12.0 Å². The van der Waals surface area contributed by atoms with E-state index in [1.807, 2.05) is 0 Å². The predicted octanol–water partition coefficient (Wildman–Crippen LogP) is -0.425. The number of hydrogen-bond acceptors (Lipinski definition) is 0. The van der Waals surface area contributed by atoms with Crippen molar-refractivity contribution in [2.75, 3.05) is 0 Å². The summed E-state index contributed by atoms with van der Waals surface area (Å²) in [4.78, 5) is 0. The quantitative estimate of drug-likeness (QED) is 0.392. The molecule has 0 saturated carbocycles. The molecule has 0 rings (SSSR count). The van der Waals surface area contributed by atoms with Gasteiger partial charge in [-0.05, 0) is 0 Å². The molecule has 0 aromatic heterocycles. The number of alkyl halides is 5. The van der Waals surface area contributed by atoms with Gasteiger partial charge >= 0.3 is 37.8 Å². The zero-order valence-corrected chi connectivity index (χ0v) is 5.60. The fraction of sp³-hybridized carbons (Fsp3) is 1.00. The van der Waals surface area contributed by atoms with E-state index in [0.29, 0.717) is 0 Å². The van der Waals surface area contributed by atoms with Crippen LogP contribution in [0.25, 0.3) is 0 Å². The molecule has 0 saturated heterocycles. The van der Waals surface area contributed by atoms with Crippen LogP contribution in [-0.2, 0) is 0 Å². The summed E-state index contributed by atoms with van der Waals surface area (Å²) < 4.78 is 87.8. The summed E-state index contributed by atoms with van der Waals surface area (Å²) in [6, 6.07) is 0. The molecule has 0 bridgehead atoms. The molecule has 0 N–H and O–H groups in total. The van der Waals surface area contributed by atoms with Gasteiger partial charge < -0.3 is 12.9 Å². The molecule has 0 nitrogen and oxygen atoms in total. The van der Waals surface area contributed by atoms with Crippen molar-refractivity contribution in [1.29, 1.82) is 0 Å². The number of halogens is 8. The first-order chi connectivity index (χ1) is 4.50. The Morgan fingerprint density at radius 1 is 0.750 bits per heavy atom. The molecule has 10 heteroatoms. The second kappa shape index (κ2) is 3.46. The molecule has 0 aliphatic rings. The van der Waals surface area contributed by atoms with E-state index in [1.54, 1.807) is 0 Å². The largest absolute Gasteiger partial charge is 1.00 e. The molecule has 0 radical (unpaired) electrons. The fourth-order valence-electron chi connectivity index (χ4n) is 0.186. The second-order valence-corrected chi connectivity index (χ2v) is 1.70. The van der Waals surface area contributed by atoms with Crippen molar-refractivity contribution in [3.63, 3.8) is 0 Å². The fourth-order valence-corrected chi connectivity index (χ4v) is 0.186. The topological polar surface area (TPSA) is 0 Å². The zero-order chi connectivity index (χ0) is 9.50. The van der Waals surface area contributed by atoms with Gasteiger partial charge in [-0.2, -0.15) is 13.2 Å². The van der Waals surface area contributed by atoms with Crippen LogP contribution in [0.15, 0.2) is 0 Å². The Balaban J connectivity index is 0. The Morgan fingerprint density at radius 2 is 1.00 bits per heavy atom. The van der Waals surface area contributed by atoms with Crippen molar-refractivity contribution in [2.24, 2.45) is 0 Å². The average Bonchev–Trinajstić information content (AvgIpc) is 1.58. The van der Waals surface area contributed by atoms with Gasteiger partial charge in [0.1, 0.15) is 0 Å². The van der Waals surface area contributed by atoms with Gasteiger partial charge in [0, 0.05) is 0 Å². The van der Waals surface area contributed by atoms with Crippen molar-refractivity contribution in [3.8, 4) is 0 Å². The van der Waals surface area contributed by atoms with Crippen molar-refractivity contribution in [3.05, 3.63) is 0 Å². The first-order valence-corrected chi connectivity index (χ1v) is 2.14. The summed E-state index contributed by atoms with van der Waals surface area (Å²) in [6.07, 6.45) is -6.55. The van der Waals surface area contributed by atoms with E-state index in [1.165, 1.54) is 0 Å². The molecular formula is C2BF8Li. The summed E-state index contributed by atoms with van der Waals surface area (Å²) in [5, 5.41) is 0. The van der Waals surface area contributed by atoms with Gasteiger partial charge in [-0.25, -0.2) is 8.78 Å². The molecule has 0 aliphatic heterocycles. The minimum atomic E-state index is -7.21. The summed E-state index contributed by atoms with van der Waals surface area (Å²) >= 11 is 0. The van der Waals surface area contributed by atoms with E-state index in [4.69, 9.17) is 0 Å². The van der Waals surface area contributed by atoms with Gasteiger partial charge in [0.2, 0.25) is 0 Å². The Morgan fingerprint density at radius 3 is 1.00 bits per heavy atom. The van der Waals surface area contributed by atoms with Gasteiger partial charge in [-0.1, -0.05) is 0 Å². The van der Waals surface area contributed by atoms with Crippen LogP contribution in [0.3, 0.4) is 0 Å². The van der Waals surface area contributed by atoms with E-state index in [-0.39, 0.29) is 18.9 Å². The second-order valence-electron chi connectivity index (χ2n) is 1.70. The molecule has 0 aromatic carbocycles. The van der Waals surface area contributed by atoms with Crippen molar-refractivity contribution >= 4 is 6.98 Å². The maximum atomic E-state index is 11.2. The van der Waals surface area contributed by atoms with Gasteiger partial charge in [0.25, 0.3) is 0 Å². The number of rotatable bonds is 1. The third-order valence-corrected chi connectivity index (χ3v) is 0.789. The number of hydrogen-bond donors (Lipinski definition) is 0. The smallest absolute Gasteiger partial charge is 0.445 e. The minimum Gasteiger partial charge on any atom is -0.445 e. The van der Waals surface area contributed by atoms with E-state index in [0.717, 1.165) is 0 Å². The minimum absolute atomic E-state index is 0. The third-order valence-electron chi connectivity index (χ3n) is 0.789. The van der Waals surface area contributed by atoms with E-state index < -0.39 is 19.0 Å². The summed E-state index contributed by atoms with van der Waals surface area (Å²) in [6.45, 7) is -7.21. The van der Waals surface area contributed by atoms with Crippen LogP contribution < -0.4 is 18.9 Å². The normalized spacial score (nSPS) is 14.0. The molecule has 0 heterocycles. The molecule has 0 atom stereocenters. The maximum absolute atomic E-state index is 11.2. The van der Waals surface area contributed by atoms with Gasteiger partial charge in [-0.15, -0.1) is 0 Å². The SMILES string of the molecule is F[B-](F)(F)C(F)(F)C(F)(F)F.[Li+]. The summed E-state index contributed by atoms with van der Waals surface area (Å²) in [5.74, 6) is -6.56.